The molecule has 0 aromatic carbocycles. The summed E-state index contributed by atoms with van der Waals surface area (Å²) in [5.41, 5.74) is 0.929. The van der Waals surface area contributed by atoms with Gasteiger partial charge in [0.25, 0.3) is 5.91 Å². The molecule has 0 aliphatic carbocycles. The molecule has 2 aromatic heterocycles. The summed E-state index contributed by atoms with van der Waals surface area (Å²) in [6.07, 6.45) is 5.09. The zero-order valence-corrected chi connectivity index (χ0v) is 12.4. The summed E-state index contributed by atoms with van der Waals surface area (Å²) in [4.78, 5) is 27.0. The Hall–Kier alpha value is -2.59. The quantitative estimate of drug-likeness (QED) is 0.888. The molecular formula is C15H18N6O. The molecule has 1 atom stereocenters. The topological polar surface area (TPSA) is 91.8 Å². The largest absolute Gasteiger partial charge is 0.356 e. The third-order valence-electron chi connectivity index (χ3n) is 4.06. The molecule has 114 valence electrons. The average Bonchev–Trinajstić information content (AvgIpc) is 3.24. The molecular weight excluding hydrogens is 280 g/mol. The molecule has 1 amide bonds. The van der Waals surface area contributed by atoms with E-state index in [2.05, 4.69) is 26.8 Å². The first-order valence-electron chi connectivity index (χ1n) is 7.34. The number of hydrogen-bond donors (Lipinski definition) is 2. The minimum atomic E-state index is -0.0752. The molecule has 0 saturated carbocycles. The number of H-pyrrole nitrogens is 2. The van der Waals surface area contributed by atoms with Crippen molar-refractivity contribution in [2.75, 3.05) is 26.2 Å². The van der Waals surface area contributed by atoms with Crippen molar-refractivity contribution < 1.29 is 4.79 Å². The molecule has 1 aliphatic heterocycles. The molecule has 7 heteroatoms. The van der Waals surface area contributed by atoms with Crippen molar-refractivity contribution in [1.29, 1.82) is 5.26 Å². The van der Waals surface area contributed by atoms with E-state index in [0.717, 1.165) is 18.9 Å². The van der Waals surface area contributed by atoms with Gasteiger partial charge >= 0.3 is 0 Å². The number of likely N-dealkylation sites (N-methyl/N-ethyl adjacent to an activating group) is 1. The molecule has 2 N–H and O–H groups in total. The Balaban J connectivity index is 1.78. The molecule has 0 unspecified atom stereocenters. The number of carbonyl (C=O) groups is 1. The van der Waals surface area contributed by atoms with Gasteiger partial charge in [-0.25, -0.2) is 4.98 Å². The maximum atomic E-state index is 12.6. The van der Waals surface area contributed by atoms with Gasteiger partial charge in [-0.2, -0.15) is 5.26 Å². The highest BCUT2D eigenvalue weighted by Gasteiger charge is 2.31. The maximum absolute atomic E-state index is 12.6. The lowest BCUT2D eigenvalue weighted by Crippen LogP contribution is -2.50. The van der Waals surface area contributed by atoms with Gasteiger partial charge < -0.3 is 14.9 Å². The van der Waals surface area contributed by atoms with E-state index in [1.165, 1.54) is 0 Å². The first-order chi connectivity index (χ1) is 10.7. The molecule has 0 radical (unpaired) electrons. The standard InChI is InChI=1S/C15H18N6O/c1-2-20-5-6-21(10-13(20)14-17-3-4-18-14)15(22)12-7-11(8-16)9-19-12/h3-4,7,9,13,19H,2,5-6,10H2,1H3,(H,17,18)/t13-/m0/s1. The van der Waals surface area contributed by atoms with Gasteiger partial charge in [0.1, 0.15) is 17.6 Å². The number of rotatable bonds is 3. The van der Waals surface area contributed by atoms with Gasteiger partial charge in [0.15, 0.2) is 0 Å². The van der Waals surface area contributed by atoms with Gasteiger partial charge in [0.05, 0.1) is 11.6 Å². The van der Waals surface area contributed by atoms with E-state index in [-0.39, 0.29) is 11.9 Å². The van der Waals surface area contributed by atoms with E-state index in [9.17, 15) is 4.79 Å². The second kappa shape index (κ2) is 6.03. The average molecular weight is 298 g/mol. The van der Waals surface area contributed by atoms with Crippen molar-refractivity contribution >= 4 is 5.91 Å². The third-order valence-corrected chi connectivity index (χ3v) is 4.06. The number of imidazole rings is 1. The molecule has 0 spiro atoms. The fourth-order valence-corrected chi connectivity index (χ4v) is 2.86. The van der Waals surface area contributed by atoms with E-state index in [4.69, 9.17) is 5.26 Å². The van der Waals surface area contributed by atoms with E-state index in [0.29, 0.717) is 24.3 Å². The fourth-order valence-electron chi connectivity index (χ4n) is 2.86. The minimum absolute atomic E-state index is 0.0723. The van der Waals surface area contributed by atoms with Crippen LogP contribution in [0.5, 0.6) is 0 Å². The van der Waals surface area contributed by atoms with Gasteiger partial charge in [-0.3, -0.25) is 9.69 Å². The molecule has 0 bridgehead atoms. The number of amides is 1. The number of aromatic nitrogens is 3. The number of nitrogens with one attached hydrogen (secondary N) is 2. The van der Waals surface area contributed by atoms with Crippen LogP contribution in [0.3, 0.4) is 0 Å². The Morgan fingerprint density at radius 3 is 3.00 bits per heavy atom. The molecule has 3 rings (SSSR count). The SMILES string of the molecule is CCN1CCN(C(=O)c2cc(C#N)c[nH]2)C[C@H]1c1ncc[nH]1. The fraction of sp³-hybridized carbons (Fsp3) is 0.400. The minimum Gasteiger partial charge on any atom is -0.356 e. The summed E-state index contributed by atoms with van der Waals surface area (Å²) in [5, 5.41) is 8.86. The van der Waals surface area contributed by atoms with Crippen LogP contribution in [0.4, 0.5) is 0 Å². The van der Waals surface area contributed by atoms with Gasteiger partial charge in [0, 0.05) is 38.2 Å². The van der Waals surface area contributed by atoms with Gasteiger partial charge in [-0.15, -0.1) is 0 Å². The van der Waals surface area contributed by atoms with Crippen molar-refractivity contribution in [1.82, 2.24) is 24.8 Å². The predicted octanol–water partition coefficient (Wildman–Crippen LogP) is 1.13. The van der Waals surface area contributed by atoms with Crippen LogP contribution in [0.2, 0.25) is 0 Å². The number of aromatic amines is 2. The molecule has 22 heavy (non-hydrogen) atoms. The lowest BCUT2D eigenvalue weighted by molar-refractivity contribution is 0.0475. The lowest BCUT2D eigenvalue weighted by atomic mass is 10.1. The smallest absolute Gasteiger partial charge is 0.270 e. The second-order valence-electron chi connectivity index (χ2n) is 5.28. The van der Waals surface area contributed by atoms with Crippen LogP contribution in [0.25, 0.3) is 0 Å². The zero-order valence-electron chi connectivity index (χ0n) is 12.4. The second-order valence-corrected chi connectivity index (χ2v) is 5.28. The number of carbonyl (C=O) groups excluding carboxylic acids is 1. The number of hydrogen-bond acceptors (Lipinski definition) is 4. The van der Waals surface area contributed by atoms with E-state index < -0.39 is 0 Å². The molecule has 1 saturated heterocycles. The Morgan fingerprint density at radius 1 is 1.50 bits per heavy atom. The Labute approximate surface area is 128 Å². The van der Waals surface area contributed by atoms with Gasteiger partial charge in [-0.05, 0) is 12.6 Å². The molecule has 3 heterocycles. The summed E-state index contributed by atoms with van der Waals surface area (Å²) in [6.45, 7) is 5.08. The van der Waals surface area contributed by atoms with Gasteiger partial charge in [-0.1, -0.05) is 6.92 Å². The normalized spacial score (nSPS) is 19.1. The highest BCUT2D eigenvalue weighted by molar-refractivity contribution is 5.93. The van der Waals surface area contributed by atoms with E-state index in [1.54, 1.807) is 24.7 Å². The van der Waals surface area contributed by atoms with Crippen LogP contribution in [-0.4, -0.2) is 56.8 Å². The summed E-state index contributed by atoms with van der Waals surface area (Å²) in [7, 11) is 0. The number of nitriles is 1. The first-order valence-corrected chi connectivity index (χ1v) is 7.34. The Morgan fingerprint density at radius 2 is 2.36 bits per heavy atom. The van der Waals surface area contributed by atoms with Crippen LogP contribution in [-0.2, 0) is 0 Å². The maximum Gasteiger partial charge on any atom is 0.270 e. The summed E-state index contributed by atoms with van der Waals surface area (Å²) >= 11 is 0. The monoisotopic (exact) mass is 298 g/mol. The Bertz CT molecular complexity index is 683. The van der Waals surface area contributed by atoms with E-state index in [1.807, 2.05) is 11.0 Å². The van der Waals surface area contributed by atoms with Crippen molar-refractivity contribution in [3.05, 3.63) is 41.7 Å². The summed E-state index contributed by atoms with van der Waals surface area (Å²) in [5.74, 6) is 0.803. The van der Waals surface area contributed by atoms with Crippen LogP contribution in [0, 0.1) is 11.3 Å². The molecule has 1 aliphatic rings. The molecule has 7 nitrogen and oxygen atoms in total. The van der Waals surface area contributed by atoms with E-state index >= 15 is 0 Å². The number of nitrogens with zero attached hydrogens (tertiary/aromatic N) is 4. The van der Waals surface area contributed by atoms with Crippen LogP contribution < -0.4 is 0 Å². The van der Waals surface area contributed by atoms with Crippen LogP contribution in [0.1, 0.15) is 34.8 Å². The summed E-state index contributed by atoms with van der Waals surface area (Å²) < 4.78 is 0. The molecule has 1 fully saturated rings. The van der Waals surface area contributed by atoms with Crippen molar-refractivity contribution in [2.24, 2.45) is 0 Å². The third kappa shape index (κ3) is 2.61. The zero-order chi connectivity index (χ0) is 15.5. The summed E-state index contributed by atoms with van der Waals surface area (Å²) in [6, 6.07) is 3.69. The number of piperazine rings is 1. The lowest BCUT2D eigenvalue weighted by Gasteiger charge is -2.39. The van der Waals surface area contributed by atoms with Crippen molar-refractivity contribution in [2.45, 2.75) is 13.0 Å². The highest BCUT2D eigenvalue weighted by atomic mass is 16.2. The van der Waals surface area contributed by atoms with Crippen LogP contribution >= 0.6 is 0 Å². The Kier molecular flexibility index (Phi) is 3.94. The first kappa shape index (κ1) is 14.4. The van der Waals surface area contributed by atoms with Crippen molar-refractivity contribution in [3.63, 3.8) is 0 Å². The molecule has 2 aromatic rings. The van der Waals surface area contributed by atoms with Gasteiger partial charge in [0.2, 0.25) is 0 Å². The van der Waals surface area contributed by atoms with Crippen molar-refractivity contribution in [3.8, 4) is 6.07 Å². The predicted molar refractivity (Wildman–Crippen MR) is 80.0 cm³/mol. The highest BCUT2D eigenvalue weighted by Crippen LogP contribution is 2.23. The van der Waals surface area contributed by atoms with Crippen LogP contribution in [0.15, 0.2) is 24.7 Å².